The molecule has 2 heterocycles. The number of pyridine rings is 1. The van der Waals surface area contributed by atoms with Crippen LogP contribution in [0.3, 0.4) is 0 Å². The molecule has 74 valence electrons. The Labute approximate surface area is 81.5 Å². The number of rotatable bonds is 0. The molecular formula is C10H11NO3. The van der Waals surface area contributed by atoms with E-state index in [1.807, 2.05) is 12.3 Å². The Hall–Kier alpha value is -0.970. The van der Waals surface area contributed by atoms with Crippen LogP contribution in [0, 0.1) is 0 Å². The van der Waals surface area contributed by atoms with Crippen LogP contribution in [0.25, 0.3) is 0 Å². The third kappa shape index (κ3) is 1.02. The van der Waals surface area contributed by atoms with Gasteiger partial charge in [0.1, 0.15) is 6.61 Å². The number of aliphatic hydroxyl groups excluding tert-OH is 1. The highest BCUT2D eigenvalue weighted by molar-refractivity contribution is 5.33. The lowest BCUT2D eigenvalue weighted by Crippen LogP contribution is -2.24. The lowest BCUT2D eigenvalue weighted by molar-refractivity contribution is -0.204. The number of hydrogen-bond donors (Lipinski definition) is 1. The summed E-state index contributed by atoms with van der Waals surface area (Å²) in [4.78, 5) is 4.06. The van der Waals surface area contributed by atoms with Crippen molar-refractivity contribution < 1.29 is 14.6 Å². The number of fused-ring (bicyclic) bond motifs is 2. The van der Waals surface area contributed by atoms with Gasteiger partial charge in [-0.05, 0) is 18.1 Å². The third-order valence-electron chi connectivity index (χ3n) is 2.82. The number of nitrogens with zero attached hydrogens (tertiary/aromatic N) is 1. The van der Waals surface area contributed by atoms with Crippen LogP contribution < -0.4 is 0 Å². The van der Waals surface area contributed by atoms with E-state index >= 15 is 0 Å². The zero-order valence-electron chi connectivity index (χ0n) is 7.64. The molecule has 2 aliphatic rings. The lowest BCUT2D eigenvalue weighted by Gasteiger charge is -2.22. The first-order valence-corrected chi connectivity index (χ1v) is 4.73. The average Bonchev–Trinajstić information content (AvgIpc) is 2.75. The van der Waals surface area contributed by atoms with Crippen LogP contribution >= 0.6 is 0 Å². The van der Waals surface area contributed by atoms with E-state index in [1.54, 1.807) is 6.20 Å². The molecule has 4 nitrogen and oxygen atoms in total. The predicted molar refractivity (Wildman–Crippen MR) is 47.3 cm³/mol. The van der Waals surface area contributed by atoms with Gasteiger partial charge in [0.25, 0.3) is 0 Å². The highest BCUT2D eigenvalue weighted by Gasteiger charge is 2.47. The average molecular weight is 193 g/mol. The van der Waals surface area contributed by atoms with Crippen molar-refractivity contribution in [2.45, 2.75) is 24.9 Å². The van der Waals surface area contributed by atoms with Gasteiger partial charge >= 0.3 is 0 Å². The van der Waals surface area contributed by atoms with Gasteiger partial charge in [-0.15, -0.1) is 0 Å². The van der Waals surface area contributed by atoms with Gasteiger partial charge in [-0.1, -0.05) is 0 Å². The molecule has 1 aromatic heterocycles. The number of hydrogen-bond acceptors (Lipinski definition) is 4. The molecule has 4 heteroatoms. The molecule has 1 spiro atoms. The number of ether oxygens (including phenoxy) is 2. The first-order valence-electron chi connectivity index (χ1n) is 4.73. The smallest absolute Gasteiger partial charge is 0.198 e. The quantitative estimate of drug-likeness (QED) is 0.653. The topological polar surface area (TPSA) is 51.6 Å². The van der Waals surface area contributed by atoms with Gasteiger partial charge in [0.05, 0.1) is 0 Å². The maximum absolute atomic E-state index is 9.32. The molecule has 3 rings (SSSR count). The van der Waals surface area contributed by atoms with Crippen molar-refractivity contribution in [2.24, 2.45) is 0 Å². The fourth-order valence-electron chi connectivity index (χ4n) is 2.20. The van der Waals surface area contributed by atoms with Crippen LogP contribution in [0.15, 0.2) is 18.5 Å². The van der Waals surface area contributed by atoms with Crippen molar-refractivity contribution in [3.05, 3.63) is 29.6 Å². The molecule has 1 aliphatic heterocycles. The Morgan fingerprint density at radius 1 is 1.57 bits per heavy atom. The van der Waals surface area contributed by atoms with E-state index in [-0.39, 0.29) is 6.61 Å². The normalized spacial score (nSPS) is 35.1. The Kier molecular flexibility index (Phi) is 1.65. The van der Waals surface area contributed by atoms with E-state index in [1.165, 1.54) is 0 Å². The van der Waals surface area contributed by atoms with Crippen LogP contribution in [0.1, 0.15) is 17.5 Å². The summed E-state index contributed by atoms with van der Waals surface area (Å²) in [6, 6.07) is 1.90. The molecule has 1 fully saturated rings. The summed E-state index contributed by atoms with van der Waals surface area (Å²) >= 11 is 0. The van der Waals surface area contributed by atoms with Crippen molar-refractivity contribution in [3.63, 3.8) is 0 Å². The molecule has 0 aromatic carbocycles. The van der Waals surface area contributed by atoms with E-state index < -0.39 is 12.1 Å². The molecular weight excluding hydrogens is 182 g/mol. The Bertz CT molecular complexity index is 364. The molecule has 0 bridgehead atoms. The van der Waals surface area contributed by atoms with Gasteiger partial charge in [-0.3, -0.25) is 4.98 Å². The van der Waals surface area contributed by atoms with Gasteiger partial charge in [0, 0.05) is 24.4 Å². The molecule has 0 saturated carbocycles. The van der Waals surface area contributed by atoms with Crippen LogP contribution in [0.4, 0.5) is 0 Å². The zero-order valence-corrected chi connectivity index (χ0v) is 7.64. The summed E-state index contributed by atoms with van der Waals surface area (Å²) < 4.78 is 11.0. The standard InChI is InChI=1S/C10H11NO3/c12-9-6-13-10(14-9)3-1-7-5-11-4-2-8(7)10/h2,4-5,9,12H,1,3,6H2. The molecule has 1 aliphatic carbocycles. The van der Waals surface area contributed by atoms with Crippen LogP contribution in [-0.2, 0) is 21.7 Å². The zero-order chi connectivity index (χ0) is 9.60. The summed E-state index contributed by atoms with van der Waals surface area (Å²) in [5.74, 6) is -0.697. The molecule has 1 aromatic rings. The Morgan fingerprint density at radius 3 is 3.29 bits per heavy atom. The fourth-order valence-corrected chi connectivity index (χ4v) is 2.20. The van der Waals surface area contributed by atoms with Gasteiger partial charge < -0.3 is 14.6 Å². The first-order chi connectivity index (χ1) is 6.80. The number of aliphatic hydroxyl groups is 1. The molecule has 0 amide bonds. The summed E-state index contributed by atoms with van der Waals surface area (Å²) in [5.41, 5.74) is 2.17. The minimum absolute atomic E-state index is 0.252. The second kappa shape index (κ2) is 2.76. The maximum Gasteiger partial charge on any atom is 0.198 e. The fraction of sp³-hybridized carbons (Fsp3) is 0.500. The summed E-state index contributed by atoms with van der Waals surface area (Å²) in [7, 11) is 0. The monoisotopic (exact) mass is 193 g/mol. The predicted octanol–water partition coefficient (Wildman–Crippen LogP) is 0.546. The van der Waals surface area contributed by atoms with Crippen molar-refractivity contribution in [3.8, 4) is 0 Å². The van der Waals surface area contributed by atoms with Crippen molar-refractivity contribution in [2.75, 3.05) is 6.61 Å². The minimum Gasteiger partial charge on any atom is -0.366 e. The SMILES string of the molecule is OC1COC2(CCc3cnccc32)O1. The van der Waals surface area contributed by atoms with E-state index in [4.69, 9.17) is 9.47 Å². The highest BCUT2D eigenvalue weighted by atomic mass is 16.8. The second-order valence-corrected chi connectivity index (χ2v) is 3.67. The Balaban J connectivity index is 2.05. The molecule has 1 saturated heterocycles. The van der Waals surface area contributed by atoms with Crippen molar-refractivity contribution >= 4 is 0 Å². The molecule has 1 N–H and O–H groups in total. The number of aromatic nitrogens is 1. The summed E-state index contributed by atoms with van der Waals surface area (Å²) in [5, 5.41) is 9.32. The van der Waals surface area contributed by atoms with Gasteiger partial charge in [-0.25, -0.2) is 0 Å². The largest absolute Gasteiger partial charge is 0.366 e. The van der Waals surface area contributed by atoms with E-state index in [9.17, 15) is 5.11 Å². The molecule has 0 radical (unpaired) electrons. The van der Waals surface area contributed by atoms with Crippen LogP contribution in [-0.4, -0.2) is 23.0 Å². The van der Waals surface area contributed by atoms with Crippen LogP contribution in [0.5, 0.6) is 0 Å². The van der Waals surface area contributed by atoms with Gasteiger partial charge in [-0.2, -0.15) is 0 Å². The second-order valence-electron chi connectivity index (χ2n) is 3.67. The molecule has 2 unspecified atom stereocenters. The minimum atomic E-state index is -0.797. The van der Waals surface area contributed by atoms with Crippen molar-refractivity contribution in [1.29, 1.82) is 0 Å². The van der Waals surface area contributed by atoms with Gasteiger partial charge in [0.15, 0.2) is 12.1 Å². The molecule has 14 heavy (non-hydrogen) atoms. The van der Waals surface area contributed by atoms with Crippen molar-refractivity contribution in [1.82, 2.24) is 4.98 Å². The highest BCUT2D eigenvalue weighted by Crippen LogP contribution is 2.44. The maximum atomic E-state index is 9.32. The van der Waals surface area contributed by atoms with E-state index in [0.717, 1.165) is 24.0 Å². The first kappa shape index (κ1) is 8.35. The van der Waals surface area contributed by atoms with Crippen LogP contribution in [0.2, 0.25) is 0 Å². The summed E-state index contributed by atoms with van der Waals surface area (Å²) in [6.45, 7) is 0.252. The van der Waals surface area contributed by atoms with Gasteiger partial charge in [0.2, 0.25) is 0 Å². The molecule has 2 atom stereocenters. The lowest BCUT2D eigenvalue weighted by atomic mass is 10.1. The third-order valence-corrected chi connectivity index (χ3v) is 2.82. The Morgan fingerprint density at radius 2 is 2.50 bits per heavy atom. The van der Waals surface area contributed by atoms with E-state index in [0.29, 0.717) is 0 Å². The van der Waals surface area contributed by atoms with E-state index in [2.05, 4.69) is 4.98 Å². The summed E-state index contributed by atoms with van der Waals surface area (Å²) in [6.07, 6.45) is 4.43. The number of aryl methyl sites for hydroxylation is 1.